The van der Waals surface area contributed by atoms with Crippen molar-refractivity contribution in [1.29, 1.82) is 0 Å². The van der Waals surface area contributed by atoms with Crippen LogP contribution in [0.2, 0.25) is 5.02 Å². The van der Waals surface area contributed by atoms with Gasteiger partial charge in [0.05, 0.1) is 6.54 Å². The van der Waals surface area contributed by atoms with Crippen LogP contribution < -0.4 is 5.32 Å². The number of halogens is 1. The lowest BCUT2D eigenvalue weighted by Gasteiger charge is -2.30. The highest BCUT2D eigenvalue weighted by Crippen LogP contribution is 2.21. The van der Waals surface area contributed by atoms with Crippen molar-refractivity contribution in [2.24, 2.45) is 5.92 Å². The van der Waals surface area contributed by atoms with E-state index < -0.39 is 0 Å². The number of carbonyl (C=O) groups excluding carboxylic acids is 1. The van der Waals surface area contributed by atoms with E-state index in [4.69, 9.17) is 16.1 Å². The summed E-state index contributed by atoms with van der Waals surface area (Å²) < 4.78 is 5.42. The normalized spacial score (nSPS) is 15.0. The van der Waals surface area contributed by atoms with Gasteiger partial charge in [-0.15, -0.1) is 0 Å². The minimum absolute atomic E-state index is 0.0788. The Morgan fingerprint density at radius 2 is 1.88 bits per heavy atom. The third-order valence-electron chi connectivity index (χ3n) is 5.54. The zero-order chi connectivity index (χ0) is 22.2. The molecule has 0 saturated carbocycles. The van der Waals surface area contributed by atoms with E-state index in [0.717, 1.165) is 48.0 Å². The molecule has 0 aliphatic carbocycles. The molecular weight excluding hydrogens is 444 g/mol. The van der Waals surface area contributed by atoms with Crippen LogP contribution in [0.3, 0.4) is 0 Å². The topological polar surface area (TPSA) is 71.3 Å². The molecule has 4 rings (SSSR count). The van der Waals surface area contributed by atoms with Crippen LogP contribution in [0.15, 0.2) is 59.1 Å². The zero-order valence-corrected chi connectivity index (χ0v) is 19.4. The molecule has 1 fully saturated rings. The molecule has 1 N–H and O–H groups in total. The molecule has 0 unspecified atom stereocenters. The van der Waals surface area contributed by atoms with Crippen LogP contribution in [0, 0.1) is 5.92 Å². The average Bonchev–Trinajstić information content (AvgIpc) is 3.29. The molecule has 0 atom stereocenters. The van der Waals surface area contributed by atoms with E-state index >= 15 is 0 Å². The van der Waals surface area contributed by atoms with Gasteiger partial charge in [-0.2, -0.15) is 16.7 Å². The second kappa shape index (κ2) is 11.5. The van der Waals surface area contributed by atoms with Crippen LogP contribution >= 0.6 is 23.4 Å². The van der Waals surface area contributed by atoms with E-state index in [0.29, 0.717) is 24.8 Å². The Bertz CT molecular complexity index is 989. The second-order valence-corrected chi connectivity index (χ2v) is 9.44. The van der Waals surface area contributed by atoms with Gasteiger partial charge in [0.1, 0.15) is 0 Å². The molecular formula is C24H27ClN4O2S. The Balaban J connectivity index is 1.13. The molecule has 32 heavy (non-hydrogen) atoms. The van der Waals surface area contributed by atoms with Gasteiger partial charge in [0.15, 0.2) is 0 Å². The van der Waals surface area contributed by atoms with Crippen molar-refractivity contribution in [3.63, 3.8) is 0 Å². The van der Waals surface area contributed by atoms with E-state index in [1.54, 1.807) is 0 Å². The summed E-state index contributed by atoms with van der Waals surface area (Å²) in [6.45, 7) is 3.02. The molecule has 1 aliphatic heterocycles. The first-order valence-electron chi connectivity index (χ1n) is 10.9. The Labute approximate surface area is 197 Å². The van der Waals surface area contributed by atoms with E-state index in [1.807, 2.05) is 66.4 Å². The van der Waals surface area contributed by atoms with Gasteiger partial charge in [0, 0.05) is 34.6 Å². The second-order valence-electron chi connectivity index (χ2n) is 7.90. The highest BCUT2D eigenvalue weighted by atomic mass is 35.5. The molecule has 2 heterocycles. The molecule has 8 heteroatoms. The number of nitrogens with one attached hydrogen (secondary N) is 1. The predicted molar refractivity (Wildman–Crippen MR) is 128 cm³/mol. The Morgan fingerprint density at radius 3 is 2.62 bits per heavy atom. The molecule has 1 aromatic heterocycles. The average molecular weight is 471 g/mol. The number of carbonyl (C=O) groups is 1. The number of piperidine rings is 1. The Hall–Kier alpha value is -2.35. The monoisotopic (exact) mass is 470 g/mol. The number of rotatable bonds is 9. The number of nitrogens with zero attached hydrogens (tertiary/aromatic N) is 3. The maximum atomic E-state index is 12.5. The summed E-state index contributed by atoms with van der Waals surface area (Å²) >= 11 is 7.72. The number of hydrogen-bond acceptors (Lipinski definition) is 6. The van der Waals surface area contributed by atoms with Crippen LogP contribution in [-0.4, -0.2) is 46.3 Å². The molecule has 0 radical (unpaired) electrons. The van der Waals surface area contributed by atoms with E-state index in [1.165, 1.54) is 5.56 Å². The van der Waals surface area contributed by atoms with E-state index in [2.05, 4.69) is 20.4 Å². The quantitative estimate of drug-likeness (QED) is 0.459. The summed E-state index contributed by atoms with van der Waals surface area (Å²) in [5, 5.41) is 7.93. The maximum absolute atomic E-state index is 12.5. The first-order chi connectivity index (χ1) is 15.7. The fourth-order valence-corrected chi connectivity index (χ4v) is 4.67. The van der Waals surface area contributed by atoms with Crippen molar-refractivity contribution in [2.75, 3.05) is 25.4 Å². The van der Waals surface area contributed by atoms with Gasteiger partial charge in [0.25, 0.3) is 0 Å². The standard InChI is InChI=1S/C24H27ClN4O2S/c25-21-8-6-18(7-9-21)17-32-15-12-26-24(30)20-10-13-29(14-11-20)16-22-27-23(28-31-22)19-4-2-1-3-5-19/h1-9,20H,10-17H2,(H,26,30). The summed E-state index contributed by atoms with van der Waals surface area (Å²) in [4.78, 5) is 19.3. The predicted octanol–water partition coefficient (Wildman–Crippen LogP) is 4.65. The molecule has 6 nitrogen and oxygen atoms in total. The van der Waals surface area contributed by atoms with Crippen molar-refractivity contribution < 1.29 is 9.32 Å². The number of thioether (sulfide) groups is 1. The number of hydrogen-bond donors (Lipinski definition) is 1. The van der Waals surface area contributed by atoms with Crippen molar-refractivity contribution >= 4 is 29.3 Å². The van der Waals surface area contributed by atoms with Gasteiger partial charge in [-0.05, 0) is 43.6 Å². The van der Waals surface area contributed by atoms with E-state index in [9.17, 15) is 4.79 Å². The lowest BCUT2D eigenvalue weighted by molar-refractivity contribution is -0.126. The van der Waals surface area contributed by atoms with Crippen LogP contribution in [0.25, 0.3) is 11.4 Å². The number of benzene rings is 2. The minimum atomic E-state index is 0.0788. The highest BCUT2D eigenvalue weighted by Gasteiger charge is 2.25. The van der Waals surface area contributed by atoms with Gasteiger partial charge in [-0.3, -0.25) is 9.69 Å². The van der Waals surface area contributed by atoms with Gasteiger partial charge in [-0.25, -0.2) is 0 Å². The van der Waals surface area contributed by atoms with E-state index in [-0.39, 0.29) is 11.8 Å². The zero-order valence-electron chi connectivity index (χ0n) is 17.9. The molecule has 2 aromatic carbocycles. The van der Waals surface area contributed by atoms with Crippen LogP contribution in [0.4, 0.5) is 0 Å². The number of likely N-dealkylation sites (tertiary alicyclic amines) is 1. The smallest absolute Gasteiger partial charge is 0.241 e. The van der Waals surface area contributed by atoms with Crippen molar-refractivity contribution in [2.45, 2.75) is 25.1 Å². The Kier molecular flexibility index (Phi) is 8.20. The molecule has 1 amide bonds. The minimum Gasteiger partial charge on any atom is -0.355 e. The largest absolute Gasteiger partial charge is 0.355 e. The fraction of sp³-hybridized carbons (Fsp3) is 0.375. The summed E-state index contributed by atoms with van der Waals surface area (Å²) in [7, 11) is 0. The van der Waals surface area contributed by atoms with Crippen LogP contribution in [0.5, 0.6) is 0 Å². The van der Waals surface area contributed by atoms with Crippen molar-refractivity contribution in [1.82, 2.24) is 20.4 Å². The molecule has 168 valence electrons. The van der Waals surface area contributed by atoms with Gasteiger partial charge in [0.2, 0.25) is 17.6 Å². The first kappa shape index (κ1) is 22.8. The van der Waals surface area contributed by atoms with Gasteiger partial charge >= 0.3 is 0 Å². The Morgan fingerprint density at radius 1 is 1.12 bits per heavy atom. The SMILES string of the molecule is O=C(NCCSCc1ccc(Cl)cc1)C1CCN(Cc2nc(-c3ccccc3)no2)CC1. The maximum Gasteiger partial charge on any atom is 0.241 e. The summed E-state index contributed by atoms with van der Waals surface area (Å²) in [5.41, 5.74) is 2.19. The van der Waals surface area contributed by atoms with Crippen LogP contribution in [0.1, 0.15) is 24.3 Å². The first-order valence-corrected chi connectivity index (χ1v) is 12.4. The molecule has 0 bridgehead atoms. The third kappa shape index (κ3) is 6.58. The summed E-state index contributed by atoms with van der Waals surface area (Å²) in [6, 6.07) is 17.7. The number of aromatic nitrogens is 2. The van der Waals surface area contributed by atoms with Crippen molar-refractivity contribution in [3.05, 3.63) is 71.1 Å². The van der Waals surface area contributed by atoms with Crippen LogP contribution in [-0.2, 0) is 17.1 Å². The summed E-state index contributed by atoms with van der Waals surface area (Å²) in [6.07, 6.45) is 1.70. The van der Waals surface area contributed by atoms with Crippen molar-refractivity contribution in [3.8, 4) is 11.4 Å². The lowest BCUT2D eigenvalue weighted by Crippen LogP contribution is -2.40. The summed E-state index contributed by atoms with van der Waals surface area (Å²) in [5.74, 6) is 3.30. The lowest BCUT2D eigenvalue weighted by atomic mass is 9.96. The van der Waals surface area contributed by atoms with Gasteiger partial charge in [-0.1, -0.05) is 59.2 Å². The third-order valence-corrected chi connectivity index (χ3v) is 6.83. The molecule has 0 spiro atoms. The molecule has 1 saturated heterocycles. The molecule has 1 aliphatic rings. The highest BCUT2D eigenvalue weighted by molar-refractivity contribution is 7.98. The number of amides is 1. The fourth-order valence-electron chi connectivity index (χ4n) is 3.73. The van der Waals surface area contributed by atoms with Gasteiger partial charge < -0.3 is 9.84 Å². The molecule has 3 aromatic rings.